The number of benzene rings is 2. The van der Waals surface area contributed by atoms with Crippen molar-refractivity contribution in [1.29, 1.82) is 0 Å². The van der Waals surface area contributed by atoms with E-state index in [1.165, 1.54) is 5.01 Å². The summed E-state index contributed by atoms with van der Waals surface area (Å²) in [6, 6.07) is 18.7. The molecule has 0 atom stereocenters. The number of hydrazine groups is 1. The van der Waals surface area contributed by atoms with Gasteiger partial charge in [-0.05, 0) is 29.9 Å². The topological polar surface area (TPSA) is 58.4 Å². The normalized spacial score (nSPS) is 9.80. The van der Waals surface area contributed by atoms with Gasteiger partial charge in [0.05, 0.1) is 12.1 Å². The molecule has 0 aromatic heterocycles. The van der Waals surface area contributed by atoms with Gasteiger partial charge in [-0.2, -0.15) is 0 Å². The Morgan fingerprint density at radius 3 is 2.15 bits per heavy atom. The molecule has 0 saturated heterocycles. The van der Waals surface area contributed by atoms with Gasteiger partial charge in [0.25, 0.3) is 0 Å². The predicted octanol–water partition coefficient (Wildman–Crippen LogP) is 2.01. The highest BCUT2D eigenvalue weighted by molar-refractivity contribution is 7.80. The van der Waals surface area contributed by atoms with Crippen LogP contribution in [0, 0.1) is 0 Å². The van der Waals surface area contributed by atoms with Crippen LogP contribution >= 0.6 is 12.2 Å². The molecule has 0 aliphatic rings. The first-order valence-corrected chi connectivity index (χ1v) is 6.55. The lowest BCUT2D eigenvalue weighted by Crippen LogP contribution is -2.49. The first-order chi connectivity index (χ1) is 9.66. The van der Waals surface area contributed by atoms with E-state index >= 15 is 0 Å². The van der Waals surface area contributed by atoms with Gasteiger partial charge >= 0.3 is 0 Å². The van der Waals surface area contributed by atoms with Crippen LogP contribution in [0.5, 0.6) is 0 Å². The zero-order valence-corrected chi connectivity index (χ0v) is 11.6. The highest BCUT2D eigenvalue weighted by Gasteiger charge is 2.12. The molecule has 102 valence electrons. The van der Waals surface area contributed by atoms with Crippen molar-refractivity contribution in [2.24, 2.45) is 5.73 Å². The number of anilines is 1. The van der Waals surface area contributed by atoms with E-state index in [2.05, 4.69) is 5.43 Å². The first kappa shape index (κ1) is 14.0. The number of thiocarbonyl (C=S) groups is 1. The second-order valence-corrected chi connectivity index (χ2v) is 4.62. The first-order valence-electron chi connectivity index (χ1n) is 6.15. The Bertz CT molecular complexity index is 587. The van der Waals surface area contributed by atoms with Crippen LogP contribution in [-0.4, -0.2) is 11.0 Å². The maximum absolute atomic E-state index is 12.0. The van der Waals surface area contributed by atoms with Crippen molar-refractivity contribution in [3.8, 4) is 0 Å². The molecule has 20 heavy (non-hydrogen) atoms. The summed E-state index contributed by atoms with van der Waals surface area (Å²) in [5.74, 6) is -0.173. The highest BCUT2D eigenvalue weighted by Crippen LogP contribution is 2.11. The number of carbonyl (C=O) groups is 1. The highest BCUT2D eigenvalue weighted by atomic mass is 32.1. The second kappa shape index (κ2) is 6.68. The van der Waals surface area contributed by atoms with E-state index < -0.39 is 0 Å². The molecule has 0 unspecified atom stereocenters. The van der Waals surface area contributed by atoms with Gasteiger partial charge in [0.15, 0.2) is 5.11 Å². The van der Waals surface area contributed by atoms with Crippen LogP contribution in [0.1, 0.15) is 5.56 Å². The average molecular weight is 285 g/mol. The molecule has 0 spiro atoms. The molecule has 2 aromatic carbocycles. The molecule has 5 heteroatoms. The summed E-state index contributed by atoms with van der Waals surface area (Å²) in [5, 5.41) is 1.50. The van der Waals surface area contributed by atoms with E-state index in [1.807, 2.05) is 60.7 Å². The predicted molar refractivity (Wildman–Crippen MR) is 84.0 cm³/mol. The van der Waals surface area contributed by atoms with Gasteiger partial charge in [0.1, 0.15) is 0 Å². The lowest BCUT2D eigenvalue weighted by molar-refractivity contribution is -0.120. The Labute approximate surface area is 123 Å². The minimum atomic E-state index is -0.173. The fourth-order valence-electron chi connectivity index (χ4n) is 1.77. The SMILES string of the molecule is NC(=S)N(NC(=O)Cc1ccccc1)c1ccccc1. The van der Waals surface area contributed by atoms with Crippen LogP contribution in [0.15, 0.2) is 60.7 Å². The van der Waals surface area contributed by atoms with Gasteiger partial charge in [-0.1, -0.05) is 48.5 Å². The van der Waals surface area contributed by atoms with Gasteiger partial charge in [-0.15, -0.1) is 0 Å². The summed E-state index contributed by atoms with van der Waals surface area (Å²) in [6.45, 7) is 0. The largest absolute Gasteiger partial charge is 0.374 e. The molecule has 0 bridgehead atoms. The third-order valence-corrected chi connectivity index (χ3v) is 2.86. The van der Waals surface area contributed by atoms with Crippen LogP contribution in [0.2, 0.25) is 0 Å². The van der Waals surface area contributed by atoms with Gasteiger partial charge in [-0.3, -0.25) is 10.2 Å². The summed E-state index contributed by atoms with van der Waals surface area (Å²) in [5.41, 5.74) is 10.0. The molecule has 0 aliphatic carbocycles. The Morgan fingerprint density at radius 1 is 1.05 bits per heavy atom. The minimum absolute atomic E-state index is 0.0950. The van der Waals surface area contributed by atoms with E-state index in [0.29, 0.717) is 0 Å². The van der Waals surface area contributed by atoms with E-state index in [9.17, 15) is 4.79 Å². The van der Waals surface area contributed by atoms with Crippen molar-refractivity contribution in [2.75, 3.05) is 5.01 Å². The average Bonchev–Trinajstić information content (AvgIpc) is 2.46. The summed E-state index contributed by atoms with van der Waals surface area (Å²) in [6.07, 6.45) is 0.271. The molecule has 4 nitrogen and oxygen atoms in total. The van der Waals surface area contributed by atoms with Gasteiger partial charge < -0.3 is 5.73 Å². The molecular weight excluding hydrogens is 270 g/mol. The molecule has 0 heterocycles. The fourth-order valence-corrected chi connectivity index (χ4v) is 1.92. The minimum Gasteiger partial charge on any atom is -0.374 e. The van der Waals surface area contributed by atoms with Crippen LogP contribution in [0.3, 0.4) is 0 Å². The van der Waals surface area contributed by atoms with E-state index in [4.69, 9.17) is 18.0 Å². The number of rotatable bonds is 3. The van der Waals surface area contributed by atoms with Crippen LogP contribution in [0.25, 0.3) is 0 Å². The third-order valence-electron chi connectivity index (χ3n) is 2.68. The summed E-state index contributed by atoms with van der Waals surface area (Å²) in [7, 11) is 0. The molecule has 0 fully saturated rings. The van der Waals surface area contributed by atoms with Crippen molar-refractivity contribution in [1.82, 2.24) is 5.43 Å². The van der Waals surface area contributed by atoms with E-state index in [-0.39, 0.29) is 17.4 Å². The lowest BCUT2D eigenvalue weighted by atomic mass is 10.1. The summed E-state index contributed by atoms with van der Waals surface area (Å²) >= 11 is 4.97. The molecule has 0 saturated carbocycles. The number of nitrogens with two attached hydrogens (primary N) is 1. The number of carbonyl (C=O) groups excluding carboxylic acids is 1. The molecule has 2 rings (SSSR count). The molecular formula is C15H15N3OS. The van der Waals surface area contributed by atoms with Crippen molar-refractivity contribution in [3.63, 3.8) is 0 Å². The molecule has 1 amide bonds. The lowest BCUT2D eigenvalue weighted by Gasteiger charge is -2.23. The zero-order valence-electron chi connectivity index (χ0n) is 10.8. The van der Waals surface area contributed by atoms with Crippen molar-refractivity contribution in [2.45, 2.75) is 6.42 Å². The summed E-state index contributed by atoms with van der Waals surface area (Å²) < 4.78 is 0. The third kappa shape index (κ3) is 3.80. The van der Waals surface area contributed by atoms with Crippen LogP contribution < -0.4 is 16.2 Å². The number of hydrogen-bond donors (Lipinski definition) is 2. The van der Waals surface area contributed by atoms with Gasteiger partial charge in [-0.25, -0.2) is 5.01 Å². The Morgan fingerprint density at radius 2 is 1.60 bits per heavy atom. The van der Waals surface area contributed by atoms with Crippen molar-refractivity contribution in [3.05, 3.63) is 66.2 Å². The quantitative estimate of drug-likeness (QED) is 0.669. The van der Waals surface area contributed by atoms with Crippen molar-refractivity contribution >= 4 is 28.9 Å². The molecule has 0 radical (unpaired) electrons. The number of hydrogen-bond acceptors (Lipinski definition) is 2. The number of nitrogens with one attached hydrogen (secondary N) is 1. The second-order valence-electron chi connectivity index (χ2n) is 4.21. The Kier molecular flexibility index (Phi) is 4.68. The van der Waals surface area contributed by atoms with Crippen LogP contribution in [0.4, 0.5) is 5.69 Å². The molecule has 3 N–H and O–H groups in total. The monoisotopic (exact) mass is 285 g/mol. The van der Waals surface area contributed by atoms with E-state index in [1.54, 1.807) is 0 Å². The van der Waals surface area contributed by atoms with Crippen molar-refractivity contribution < 1.29 is 4.79 Å². The van der Waals surface area contributed by atoms with Gasteiger partial charge in [0.2, 0.25) is 5.91 Å². The maximum Gasteiger partial charge on any atom is 0.243 e. The number of para-hydroxylation sites is 1. The summed E-state index contributed by atoms with van der Waals surface area (Å²) in [4.78, 5) is 12.0. The standard InChI is InChI=1S/C15H15N3OS/c16-15(20)18(13-9-5-2-6-10-13)17-14(19)11-12-7-3-1-4-8-12/h1-10H,11H2,(H2,16,20)(H,17,19). The number of nitrogens with zero attached hydrogens (tertiary/aromatic N) is 1. The Balaban J connectivity index is 2.06. The smallest absolute Gasteiger partial charge is 0.243 e. The molecule has 0 aliphatic heterocycles. The Hall–Kier alpha value is -2.40. The molecule has 2 aromatic rings. The zero-order chi connectivity index (χ0) is 14.4. The van der Waals surface area contributed by atoms with Gasteiger partial charge in [0, 0.05) is 0 Å². The number of amides is 1. The maximum atomic E-state index is 12.0. The van der Waals surface area contributed by atoms with E-state index in [0.717, 1.165) is 11.3 Å². The van der Waals surface area contributed by atoms with Crippen LogP contribution in [-0.2, 0) is 11.2 Å². The fraction of sp³-hybridized carbons (Fsp3) is 0.0667.